The summed E-state index contributed by atoms with van der Waals surface area (Å²) in [6, 6.07) is 17.2. The number of benzene rings is 2. The van der Waals surface area contributed by atoms with Gasteiger partial charge >= 0.3 is 0 Å². The van der Waals surface area contributed by atoms with Gasteiger partial charge in [-0.05, 0) is 35.7 Å². The molecule has 0 saturated carbocycles. The van der Waals surface area contributed by atoms with E-state index in [0.29, 0.717) is 24.6 Å². The maximum Gasteiger partial charge on any atom is 0.267 e. The highest BCUT2D eigenvalue weighted by Gasteiger charge is 2.11. The molecular weight excluding hydrogens is 326 g/mol. The fourth-order valence-corrected chi connectivity index (χ4v) is 2.79. The van der Waals surface area contributed by atoms with Gasteiger partial charge in [-0.25, -0.2) is 0 Å². The lowest BCUT2D eigenvalue weighted by Gasteiger charge is -2.07. The molecule has 0 radical (unpaired) electrons. The SMILES string of the molecule is CC(C)CC(=O)Nc1ccc2[nH]c(C(=O)NCc3ccccc3)cc2c1. The van der Waals surface area contributed by atoms with Crippen molar-refractivity contribution in [3.8, 4) is 0 Å². The van der Waals surface area contributed by atoms with Crippen LogP contribution in [0, 0.1) is 5.92 Å². The summed E-state index contributed by atoms with van der Waals surface area (Å²) in [5.41, 5.74) is 3.14. The second-order valence-electron chi connectivity index (χ2n) is 6.80. The standard InChI is InChI=1S/C21H23N3O2/c1-14(2)10-20(25)23-17-8-9-18-16(11-17)12-19(24-18)21(26)22-13-15-6-4-3-5-7-15/h3-9,11-12,14,24H,10,13H2,1-2H3,(H,22,26)(H,23,25). The van der Waals surface area contributed by atoms with Crippen LogP contribution in [0.15, 0.2) is 54.6 Å². The molecule has 0 saturated heterocycles. The zero-order chi connectivity index (χ0) is 18.5. The van der Waals surface area contributed by atoms with Crippen molar-refractivity contribution >= 4 is 28.4 Å². The predicted molar refractivity (Wildman–Crippen MR) is 104 cm³/mol. The lowest BCUT2D eigenvalue weighted by Crippen LogP contribution is -2.22. The summed E-state index contributed by atoms with van der Waals surface area (Å²) in [6.07, 6.45) is 0.484. The predicted octanol–water partition coefficient (Wildman–Crippen LogP) is 4.08. The molecule has 2 amide bonds. The maximum absolute atomic E-state index is 12.4. The van der Waals surface area contributed by atoms with Crippen molar-refractivity contribution in [1.29, 1.82) is 0 Å². The van der Waals surface area contributed by atoms with Crippen LogP contribution >= 0.6 is 0 Å². The molecule has 3 N–H and O–H groups in total. The summed E-state index contributed by atoms with van der Waals surface area (Å²) >= 11 is 0. The molecule has 5 heteroatoms. The summed E-state index contributed by atoms with van der Waals surface area (Å²) < 4.78 is 0. The minimum atomic E-state index is -0.157. The summed E-state index contributed by atoms with van der Waals surface area (Å²) in [5, 5.41) is 6.69. The Morgan fingerprint density at radius 1 is 1.04 bits per heavy atom. The second kappa shape index (κ2) is 7.87. The number of aromatic nitrogens is 1. The van der Waals surface area contributed by atoms with Gasteiger partial charge in [-0.15, -0.1) is 0 Å². The molecule has 1 aromatic heterocycles. The van der Waals surface area contributed by atoms with Crippen LogP contribution in [0.2, 0.25) is 0 Å². The van der Waals surface area contributed by atoms with E-state index in [0.717, 1.165) is 22.2 Å². The van der Waals surface area contributed by atoms with Crippen LogP contribution in [-0.2, 0) is 11.3 Å². The molecule has 2 aromatic carbocycles. The van der Waals surface area contributed by atoms with Gasteiger partial charge < -0.3 is 15.6 Å². The third kappa shape index (κ3) is 4.51. The third-order valence-corrected chi connectivity index (χ3v) is 4.04. The first kappa shape index (κ1) is 17.7. The first-order valence-electron chi connectivity index (χ1n) is 8.76. The highest BCUT2D eigenvalue weighted by molar-refractivity contribution is 5.99. The van der Waals surface area contributed by atoms with Gasteiger partial charge in [-0.1, -0.05) is 44.2 Å². The van der Waals surface area contributed by atoms with Crippen molar-refractivity contribution in [3.05, 3.63) is 65.9 Å². The molecule has 1 heterocycles. The molecular formula is C21H23N3O2. The quantitative estimate of drug-likeness (QED) is 0.627. The molecule has 5 nitrogen and oxygen atoms in total. The minimum Gasteiger partial charge on any atom is -0.351 e. The van der Waals surface area contributed by atoms with Crippen LogP contribution in [0.5, 0.6) is 0 Å². The number of nitrogens with one attached hydrogen (secondary N) is 3. The Balaban J connectivity index is 1.68. The van der Waals surface area contributed by atoms with Crippen molar-refractivity contribution in [1.82, 2.24) is 10.3 Å². The number of rotatable bonds is 6. The largest absolute Gasteiger partial charge is 0.351 e. The molecule has 0 unspecified atom stereocenters. The van der Waals surface area contributed by atoms with E-state index in [-0.39, 0.29) is 11.8 Å². The van der Waals surface area contributed by atoms with Gasteiger partial charge in [-0.3, -0.25) is 9.59 Å². The van der Waals surface area contributed by atoms with E-state index < -0.39 is 0 Å². The van der Waals surface area contributed by atoms with Crippen LogP contribution in [0.3, 0.4) is 0 Å². The molecule has 0 bridgehead atoms. The van der Waals surface area contributed by atoms with Gasteiger partial charge in [-0.2, -0.15) is 0 Å². The molecule has 134 valence electrons. The molecule has 3 aromatic rings. The van der Waals surface area contributed by atoms with E-state index in [9.17, 15) is 9.59 Å². The highest BCUT2D eigenvalue weighted by atomic mass is 16.2. The maximum atomic E-state index is 12.4. The Morgan fingerprint density at radius 3 is 2.54 bits per heavy atom. The van der Waals surface area contributed by atoms with Crippen LogP contribution in [-0.4, -0.2) is 16.8 Å². The van der Waals surface area contributed by atoms with Crippen molar-refractivity contribution in [2.45, 2.75) is 26.8 Å². The number of carbonyl (C=O) groups excluding carboxylic acids is 2. The van der Waals surface area contributed by atoms with Crippen LogP contribution in [0.1, 0.15) is 36.3 Å². The molecule has 0 aliphatic carbocycles. The smallest absolute Gasteiger partial charge is 0.267 e. The summed E-state index contributed by atoms with van der Waals surface area (Å²) in [7, 11) is 0. The molecule has 0 aliphatic rings. The van der Waals surface area contributed by atoms with Gasteiger partial charge in [0.05, 0.1) is 0 Å². The van der Waals surface area contributed by atoms with Gasteiger partial charge in [0.25, 0.3) is 5.91 Å². The van der Waals surface area contributed by atoms with Crippen molar-refractivity contribution in [2.24, 2.45) is 5.92 Å². The molecule has 26 heavy (non-hydrogen) atoms. The first-order chi connectivity index (χ1) is 12.5. The number of carbonyl (C=O) groups is 2. The van der Waals surface area contributed by atoms with Crippen LogP contribution in [0.4, 0.5) is 5.69 Å². The first-order valence-corrected chi connectivity index (χ1v) is 8.76. The molecule has 0 fully saturated rings. The van der Waals surface area contributed by atoms with Gasteiger partial charge in [0, 0.05) is 29.6 Å². The number of anilines is 1. The van der Waals surface area contributed by atoms with E-state index in [1.165, 1.54) is 0 Å². The Hall–Kier alpha value is -3.08. The number of hydrogen-bond acceptors (Lipinski definition) is 2. The normalized spacial score (nSPS) is 10.9. The number of amides is 2. The Kier molecular flexibility index (Phi) is 5.37. The van der Waals surface area contributed by atoms with E-state index in [2.05, 4.69) is 15.6 Å². The van der Waals surface area contributed by atoms with E-state index in [1.54, 1.807) is 6.07 Å². The second-order valence-corrected chi connectivity index (χ2v) is 6.80. The number of aromatic amines is 1. The number of fused-ring (bicyclic) bond motifs is 1. The van der Waals surface area contributed by atoms with Crippen molar-refractivity contribution < 1.29 is 9.59 Å². The Morgan fingerprint density at radius 2 is 1.81 bits per heavy atom. The lowest BCUT2D eigenvalue weighted by molar-refractivity contribution is -0.116. The van der Waals surface area contributed by atoms with E-state index in [4.69, 9.17) is 0 Å². The number of H-pyrrole nitrogens is 1. The Bertz CT molecular complexity index is 913. The summed E-state index contributed by atoms with van der Waals surface area (Å²) in [4.78, 5) is 27.4. The van der Waals surface area contributed by atoms with Crippen LogP contribution in [0.25, 0.3) is 10.9 Å². The monoisotopic (exact) mass is 349 g/mol. The molecule has 3 rings (SSSR count). The highest BCUT2D eigenvalue weighted by Crippen LogP contribution is 2.21. The van der Waals surface area contributed by atoms with E-state index in [1.807, 2.05) is 62.4 Å². The average molecular weight is 349 g/mol. The molecule has 0 atom stereocenters. The van der Waals surface area contributed by atoms with Crippen molar-refractivity contribution in [2.75, 3.05) is 5.32 Å². The zero-order valence-corrected chi connectivity index (χ0v) is 15.0. The van der Waals surface area contributed by atoms with Crippen LogP contribution < -0.4 is 10.6 Å². The fourth-order valence-electron chi connectivity index (χ4n) is 2.79. The lowest BCUT2D eigenvalue weighted by atomic mass is 10.1. The molecule has 0 aliphatic heterocycles. The topological polar surface area (TPSA) is 74.0 Å². The average Bonchev–Trinajstić information content (AvgIpc) is 3.03. The summed E-state index contributed by atoms with van der Waals surface area (Å²) in [5.74, 6) is 0.150. The van der Waals surface area contributed by atoms with Crippen molar-refractivity contribution in [3.63, 3.8) is 0 Å². The van der Waals surface area contributed by atoms with Gasteiger partial charge in [0.2, 0.25) is 5.91 Å². The Labute approximate surface area is 152 Å². The summed E-state index contributed by atoms with van der Waals surface area (Å²) in [6.45, 7) is 4.50. The molecule has 0 spiro atoms. The zero-order valence-electron chi connectivity index (χ0n) is 15.0. The van der Waals surface area contributed by atoms with E-state index >= 15 is 0 Å². The number of hydrogen-bond donors (Lipinski definition) is 3. The minimum absolute atomic E-state index is 0.00397. The fraction of sp³-hybridized carbons (Fsp3) is 0.238. The van der Waals surface area contributed by atoms with Gasteiger partial charge in [0.1, 0.15) is 5.69 Å². The third-order valence-electron chi connectivity index (χ3n) is 4.04. The van der Waals surface area contributed by atoms with Gasteiger partial charge in [0.15, 0.2) is 0 Å².